The highest BCUT2D eigenvalue weighted by molar-refractivity contribution is 5.65. The monoisotopic (exact) mass is 515 g/mol. The van der Waals surface area contributed by atoms with Crippen LogP contribution < -0.4 is 9.47 Å². The summed E-state index contributed by atoms with van der Waals surface area (Å²) in [4.78, 5) is 2.26. The normalized spacial score (nSPS) is 14.0. The van der Waals surface area contributed by atoms with Crippen LogP contribution in [0.2, 0.25) is 0 Å². The van der Waals surface area contributed by atoms with E-state index >= 15 is 0 Å². The zero-order valence-electron chi connectivity index (χ0n) is 21.9. The number of aromatic nitrogens is 2. The number of ether oxygens (including phenoxy) is 2. The lowest BCUT2D eigenvalue weighted by atomic mass is 10.1. The van der Waals surface area contributed by atoms with E-state index in [1.165, 1.54) is 25.0 Å². The van der Waals surface area contributed by atoms with Crippen LogP contribution in [-0.2, 0) is 13.6 Å². The number of hydrogen-bond donors (Lipinski definition) is 1. The summed E-state index contributed by atoms with van der Waals surface area (Å²) in [7, 11) is 1.83. The molecule has 4 aromatic rings. The first-order valence-electron chi connectivity index (χ1n) is 13.1. The molecule has 7 heteroatoms. The molecule has 6 nitrogen and oxygen atoms in total. The van der Waals surface area contributed by atoms with Crippen LogP contribution in [0.3, 0.4) is 0 Å². The van der Waals surface area contributed by atoms with Crippen molar-refractivity contribution in [2.75, 3.05) is 19.7 Å². The number of aliphatic hydroxyl groups is 1. The van der Waals surface area contributed by atoms with Gasteiger partial charge in [-0.15, -0.1) is 0 Å². The summed E-state index contributed by atoms with van der Waals surface area (Å²) >= 11 is 0. The lowest BCUT2D eigenvalue weighted by molar-refractivity contribution is 0.0635. The van der Waals surface area contributed by atoms with Gasteiger partial charge in [-0.25, -0.2) is 9.07 Å². The van der Waals surface area contributed by atoms with Gasteiger partial charge < -0.3 is 14.6 Å². The largest absolute Gasteiger partial charge is 0.491 e. The van der Waals surface area contributed by atoms with Crippen LogP contribution in [-0.4, -0.2) is 45.6 Å². The molecule has 1 fully saturated rings. The van der Waals surface area contributed by atoms with Crippen molar-refractivity contribution >= 4 is 0 Å². The molecule has 0 bridgehead atoms. The van der Waals surface area contributed by atoms with E-state index in [4.69, 9.17) is 14.6 Å². The molecular weight excluding hydrogens is 481 g/mol. The number of aliphatic hydroxyl groups excluding tert-OH is 1. The van der Waals surface area contributed by atoms with Gasteiger partial charge in [0, 0.05) is 38.3 Å². The molecule has 0 saturated heterocycles. The molecule has 198 valence electrons. The predicted octanol–water partition coefficient (Wildman–Crippen LogP) is 5.98. The Kier molecular flexibility index (Phi) is 8.05. The predicted molar refractivity (Wildman–Crippen MR) is 146 cm³/mol. The molecule has 1 saturated carbocycles. The Morgan fingerprint density at radius 3 is 2.55 bits per heavy atom. The number of rotatable bonds is 12. The molecule has 0 radical (unpaired) electrons. The smallest absolute Gasteiger partial charge is 0.222 e. The molecule has 1 aliphatic carbocycles. The lowest BCUT2D eigenvalue weighted by Gasteiger charge is -2.26. The summed E-state index contributed by atoms with van der Waals surface area (Å²) in [5, 5.41) is 15.7. The summed E-state index contributed by atoms with van der Waals surface area (Å²) in [6.45, 7) is 4.04. The maximum atomic E-state index is 13.9. The van der Waals surface area contributed by atoms with E-state index < -0.39 is 6.10 Å². The minimum Gasteiger partial charge on any atom is -0.491 e. The Hall–Kier alpha value is -3.68. The van der Waals surface area contributed by atoms with E-state index in [0.29, 0.717) is 30.6 Å². The second-order valence-electron chi connectivity index (χ2n) is 10.0. The van der Waals surface area contributed by atoms with Gasteiger partial charge in [0.25, 0.3) is 0 Å². The first-order valence-corrected chi connectivity index (χ1v) is 13.1. The van der Waals surface area contributed by atoms with Crippen LogP contribution in [0.15, 0.2) is 78.9 Å². The van der Waals surface area contributed by atoms with Gasteiger partial charge in [0.15, 0.2) is 0 Å². The van der Waals surface area contributed by atoms with Crippen molar-refractivity contribution in [2.45, 2.75) is 32.4 Å². The first-order chi connectivity index (χ1) is 18.5. The quantitative estimate of drug-likeness (QED) is 0.252. The van der Waals surface area contributed by atoms with Crippen LogP contribution in [0.25, 0.3) is 11.3 Å². The molecule has 0 amide bonds. The van der Waals surface area contributed by atoms with Gasteiger partial charge in [-0.2, -0.15) is 5.10 Å². The van der Waals surface area contributed by atoms with E-state index in [9.17, 15) is 9.50 Å². The van der Waals surface area contributed by atoms with Gasteiger partial charge in [0.05, 0.1) is 5.56 Å². The molecular formula is C31H34FN3O3. The Bertz CT molecular complexity index is 1350. The van der Waals surface area contributed by atoms with Gasteiger partial charge in [-0.3, -0.25) is 4.90 Å². The third-order valence-electron chi connectivity index (χ3n) is 6.73. The van der Waals surface area contributed by atoms with Gasteiger partial charge in [-0.05, 0) is 49.4 Å². The molecule has 1 atom stereocenters. The first kappa shape index (κ1) is 25.9. The Balaban J connectivity index is 1.40. The average molecular weight is 516 g/mol. The van der Waals surface area contributed by atoms with E-state index in [-0.39, 0.29) is 12.4 Å². The van der Waals surface area contributed by atoms with Gasteiger partial charge in [0.1, 0.15) is 35.7 Å². The second kappa shape index (κ2) is 11.8. The van der Waals surface area contributed by atoms with Crippen molar-refractivity contribution in [1.82, 2.24) is 14.7 Å². The van der Waals surface area contributed by atoms with Crippen molar-refractivity contribution in [2.24, 2.45) is 13.0 Å². The maximum absolute atomic E-state index is 13.9. The number of para-hydroxylation sites is 1. The van der Waals surface area contributed by atoms with Crippen LogP contribution in [0.4, 0.5) is 4.39 Å². The van der Waals surface area contributed by atoms with Crippen molar-refractivity contribution < 1.29 is 19.0 Å². The van der Waals surface area contributed by atoms with Crippen molar-refractivity contribution in [3.63, 3.8) is 0 Å². The summed E-state index contributed by atoms with van der Waals surface area (Å²) < 4.78 is 27.8. The van der Waals surface area contributed by atoms with Crippen LogP contribution in [0.5, 0.6) is 17.4 Å². The third-order valence-corrected chi connectivity index (χ3v) is 6.73. The van der Waals surface area contributed by atoms with Crippen LogP contribution in [0.1, 0.15) is 24.0 Å². The summed E-state index contributed by atoms with van der Waals surface area (Å²) in [5.74, 6) is 2.01. The second-order valence-corrected chi connectivity index (χ2v) is 10.0. The highest BCUT2D eigenvalue weighted by atomic mass is 19.1. The van der Waals surface area contributed by atoms with E-state index in [2.05, 4.69) is 4.90 Å². The highest BCUT2D eigenvalue weighted by Crippen LogP contribution is 2.36. The molecule has 1 aliphatic rings. The fraction of sp³-hybridized carbons (Fsp3) is 0.323. The SMILES string of the molecule is Cc1ccccc1OCC(O)CN(Cc1c(-c2ccccc2)nn(C)c1Oc1cccc(F)c1)CC1CC1. The minimum absolute atomic E-state index is 0.206. The Morgan fingerprint density at radius 1 is 1.05 bits per heavy atom. The summed E-state index contributed by atoms with van der Waals surface area (Å²) in [6.07, 6.45) is 1.72. The van der Waals surface area contributed by atoms with Crippen LogP contribution in [0, 0.1) is 18.7 Å². The molecule has 1 aromatic heterocycles. The van der Waals surface area contributed by atoms with Gasteiger partial charge in [0.2, 0.25) is 5.88 Å². The topological polar surface area (TPSA) is 59.8 Å². The zero-order chi connectivity index (χ0) is 26.5. The van der Waals surface area contributed by atoms with Crippen molar-refractivity contribution in [1.29, 1.82) is 0 Å². The fourth-order valence-electron chi connectivity index (χ4n) is 4.64. The zero-order valence-corrected chi connectivity index (χ0v) is 21.9. The van der Waals surface area contributed by atoms with Gasteiger partial charge in [-0.1, -0.05) is 54.6 Å². The van der Waals surface area contributed by atoms with Crippen LogP contribution >= 0.6 is 0 Å². The number of hydrogen-bond acceptors (Lipinski definition) is 5. The lowest BCUT2D eigenvalue weighted by Crippen LogP contribution is -2.36. The highest BCUT2D eigenvalue weighted by Gasteiger charge is 2.29. The third kappa shape index (κ3) is 6.60. The molecule has 1 unspecified atom stereocenters. The minimum atomic E-state index is -0.669. The summed E-state index contributed by atoms with van der Waals surface area (Å²) in [5.41, 5.74) is 3.72. The molecule has 1 N–H and O–H groups in total. The average Bonchev–Trinajstić information content (AvgIpc) is 3.68. The fourth-order valence-corrected chi connectivity index (χ4v) is 4.64. The molecule has 3 aromatic carbocycles. The maximum Gasteiger partial charge on any atom is 0.222 e. The van der Waals surface area contributed by atoms with E-state index in [0.717, 1.165) is 34.7 Å². The summed E-state index contributed by atoms with van der Waals surface area (Å²) in [6, 6.07) is 23.9. The molecule has 1 heterocycles. The molecule has 0 aliphatic heterocycles. The van der Waals surface area contributed by atoms with Crippen molar-refractivity contribution in [3.05, 3.63) is 95.8 Å². The number of halogens is 1. The number of benzene rings is 3. The standard InChI is InChI=1S/C31H34FN3O3/c1-22-9-6-7-14-29(22)37-21-26(36)19-35(18-23-15-16-23)20-28-30(24-10-4-3-5-11-24)33-34(2)31(28)38-27-13-8-12-25(32)17-27/h3-14,17,23,26,36H,15-16,18-21H2,1-2H3. The Morgan fingerprint density at radius 2 is 1.82 bits per heavy atom. The number of aryl methyl sites for hydroxylation is 2. The van der Waals surface area contributed by atoms with Crippen molar-refractivity contribution in [3.8, 4) is 28.6 Å². The Labute approximate surface area is 223 Å². The van der Waals surface area contributed by atoms with E-state index in [1.54, 1.807) is 16.8 Å². The molecule has 0 spiro atoms. The number of nitrogens with zero attached hydrogens (tertiary/aromatic N) is 3. The molecule has 5 rings (SSSR count). The molecule has 38 heavy (non-hydrogen) atoms. The van der Waals surface area contributed by atoms with Gasteiger partial charge >= 0.3 is 0 Å². The van der Waals surface area contributed by atoms with E-state index in [1.807, 2.05) is 68.6 Å².